The van der Waals surface area contributed by atoms with E-state index in [9.17, 15) is 4.21 Å². The molecule has 0 aliphatic heterocycles. The highest BCUT2D eigenvalue weighted by Crippen LogP contribution is 2.10. The fourth-order valence-electron chi connectivity index (χ4n) is 1.63. The van der Waals surface area contributed by atoms with Gasteiger partial charge in [-0.2, -0.15) is 0 Å². The van der Waals surface area contributed by atoms with Crippen LogP contribution >= 0.6 is 0 Å². The van der Waals surface area contributed by atoms with E-state index in [2.05, 4.69) is 26.1 Å². The highest BCUT2D eigenvalue weighted by atomic mass is 32.2. The quantitative estimate of drug-likeness (QED) is 0.844. The van der Waals surface area contributed by atoms with Gasteiger partial charge in [-0.3, -0.25) is 4.21 Å². The third-order valence-electron chi connectivity index (χ3n) is 3.38. The Morgan fingerprint density at radius 1 is 1.24 bits per heavy atom. The van der Waals surface area contributed by atoms with Gasteiger partial charge in [0.1, 0.15) is 0 Å². The summed E-state index contributed by atoms with van der Waals surface area (Å²) in [6.45, 7) is 7.58. The van der Waals surface area contributed by atoms with E-state index in [4.69, 9.17) is 0 Å². The van der Waals surface area contributed by atoms with Gasteiger partial charge >= 0.3 is 0 Å². The number of benzene rings is 1. The van der Waals surface area contributed by atoms with Crippen LogP contribution in [0.4, 0.5) is 0 Å². The van der Waals surface area contributed by atoms with Crippen LogP contribution in [0.5, 0.6) is 0 Å². The molecule has 0 spiro atoms. The van der Waals surface area contributed by atoms with Gasteiger partial charge in [-0.25, -0.2) is 0 Å². The zero-order valence-electron chi connectivity index (χ0n) is 11.2. The molecule has 0 aromatic heterocycles. The Morgan fingerprint density at radius 2 is 1.82 bits per heavy atom. The summed E-state index contributed by atoms with van der Waals surface area (Å²) in [5.74, 6) is 0.692. The molecule has 0 aliphatic rings. The molecule has 0 bridgehead atoms. The lowest BCUT2D eigenvalue weighted by molar-refractivity contribution is 0.389. The zero-order valence-corrected chi connectivity index (χ0v) is 12.0. The van der Waals surface area contributed by atoms with Gasteiger partial charge in [-0.05, 0) is 30.5 Å². The standard InChI is InChI=1S/C14H23NOS/c1-5-11(2)12(3)15-10-13-6-8-14(9-7-13)17(4)16/h6-9,11-12,15H,5,10H2,1-4H3/t11-,12+,17-/m0/s1. The molecular formula is C14H23NOS. The lowest BCUT2D eigenvalue weighted by atomic mass is 10.0. The SMILES string of the molecule is CC[C@H](C)[C@@H](C)NCc1ccc([S@](C)=O)cc1. The molecule has 1 aromatic carbocycles. The van der Waals surface area contributed by atoms with Crippen molar-refractivity contribution in [2.75, 3.05) is 6.26 Å². The Balaban J connectivity index is 2.50. The van der Waals surface area contributed by atoms with Crippen molar-refractivity contribution in [1.29, 1.82) is 0 Å². The predicted molar refractivity (Wildman–Crippen MR) is 74.5 cm³/mol. The predicted octanol–water partition coefficient (Wildman–Crippen LogP) is 2.95. The van der Waals surface area contributed by atoms with E-state index >= 15 is 0 Å². The van der Waals surface area contributed by atoms with E-state index < -0.39 is 10.8 Å². The molecule has 3 heteroatoms. The summed E-state index contributed by atoms with van der Waals surface area (Å²) in [5, 5.41) is 3.52. The van der Waals surface area contributed by atoms with E-state index in [1.165, 1.54) is 12.0 Å². The van der Waals surface area contributed by atoms with Gasteiger partial charge in [0.15, 0.2) is 0 Å². The van der Waals surface area contributed by atoms with Crippen molar-refractivity contribution < 1.29 is 4.21 Å². The molecule has 0 fully saturated rings. The molecule has 17 heavy (non-hydrogen) atoms. The van der Waals surface area contributed by atoms with Crippen LogP contribution < -0.4 is 5.32 Å². The van der Waals surface area contributed by atoms with Crippen LogP contribution in [-0.4, -0.2) is 16.5 Å². The molecule has 0 amide bonds. The topological polar surface area (TPSA) is 29.1 Å². The fraction of sp³-hybridized carbons (Fsp3) is 0.571. The lowest BCUT2D eigenvalue weighted by Crippen LogP contribution is -2.31. The lowest BCUT2D eigenvalue weighted by Gasteiger charge is -2.19. The van der Waals surface area contributed by atoms with Gasteiger partial charge in [0.25, 0.3) is 0 Å². The van der Waals surface area contributed by atoms with Crippen LogP contribution in [0.3, 0.4) is 0 Å². The Kier molecular flexibility index (Phi) is 5.86. The van der Waals surface area contributed by atoms with Crippen LogP contribution in [0.15, 0.2) is 29.2 Å². The Bertz CT molecular complexity index is 361. The van der Waals surface area contributed by atoms with Gasteiger partial charge in [-0.15, -0.1) is 0 Å². The zero-order chi connectivity index (χ0) is 12.8. The van der Waals surface area contributed by atoms with E-state index in [0.29, 0.717) is 12.0 Å². The van der Waals surface area contributed by atoms with Gasteiger partial charge in [-0.1, -0.05) is 32.4 Å². The van der Waals surface area contributed by atoms with Gasteiger partial charge < -0.3 is 5.32 Å². The maximum Gasteiger partial charge on any atom is 0.0498 e. The summed E-state index contributed by atoms with van der Waals surface area (Å²) in [7, 11) is -0.879. The minimum atomic E-state index is -0.879. The summed E-state index contributed by atoms with van der Waals surface area (Å²) >= 11 is 0. The molecule has 0 aliphatic carbocycles. The van der Waals surface area contributed by atoms with Gasteiger partial charge in [0.2, 0.25) is 0 Å². The monoisotopic (exact) mass is 253 g/mol. The van der Waals surface area contributed by atoms with E-state index in [1.807, 2.05) is 24.3 Å². The van der Waals surface area contributed by atoms with Crippen molar-refractivity contribution in [3.05, 3.63) is 29.8 Å². The fourth-order valence-corrected chi connectivity index (χ4v) is 2.15. The molecule has 0 saturated carbocycles. The van der Waals surface area contributed by atoms with Crippen molar-refractivity contribution in [2.45, 2.75) is 44.7 Å². The molecule has 2 nitrogen and oxygen atoms in total. The average Bonchev–Trinajstić information content (AvgIpc) is 2.35. The van der Waals surface area contributed by atoms with Crippen LogP contribution in [0.25, 0.3) is 0 Å². The van der Waals surface area contributed by atoms with Gasteiger partial charge in [0.05, 0.1) is 0 Å². The molecule has 1 aromatic rings. The van der Waals surface area contributed by atoms with Crippen LogP contribution in [0, 0.1) is 5.92 Å². The molecule has 1 rings (SSSR count). The summed E-state index contributed by atoms with van der Waals surface area (Å²) < 4.78 is 11.2. The Labute approximate surface area is 107 Å². The largest absolute Gasteiger partial charge is 0.310 e. The first-order valence-electron chi connectivity index (χ1n) is 6.20. The first kappa shape index (κ1) is 14.4. The highest BCUT2D eigenvalue weighted by molar-refractivity contribution is 7.84. The summed E-state index contributed by atoms with van der Waals surface area (Å²) in [6.07, 6.45) is 2.90. The average molecular weight is 253 g/mol. The highest BCUT2D eigenvalue weighted by Gasteiger charge is 2.08. The molecular weight excluding hydrogens is 230 g/mol. The first-order valence-corrected chi connectivity index (χ1v) is 7.76. The Morgan fingerprint density at radius 3 is 2.29 bits per heavy atom. The molecule has 1 N–H and O–H groups in total. The minimum Gasteiger partial charge on any atom is -0.310 e. The smallest absolute Gasteiger partial charge is 0.0498 e. The van der Waals surface area contributed by atoms with Crippen molar-refractivity contribution >= 4 is 10.8 Å². The van der Waals surface area contributed by atoms with E-state index in [1.54, 1.807) is 6.26 Å². The molecule has 0 unspecified atom stereocenters. The molecule has 96 valence electrons. The maximum atomic E-state index is 11.2. The third kappa shape index (κ3) is 4.60. The maximum absolute atomic E-state index is 11.2. The third-order valence-corrected chi connectivity index (χ3v) is 4.32. The second kappa shape index (κ2) is 6.92. The number of hydrogen-bond acceptors (Lipinski definition) is 2. The first-order chi connectivity index (χ1) is 8.04. The Hall–Kier alpha value is -0.670. The number of nitrogens with one attached hydrogen (secondary N) is 1. The number of hydrogen-bond donors (Lipinski definition) is 1. The van der Waals surface area contributed by atoms with Crippen LogP contribution in [-0.2, 0) is 17.3 Å². The molecule has 0 saturated heterocycles. The number of rotatable bonds is 6. The molecule has 0 heterocycles. The normalized spacial score (nSPS) is 16.5. The van der Waals surface area contributed by atoms with E-state index in [0.717, 1.165) is 11.4 Å². The van der Waals surface area contributed by atoms with Gasteiger partial charge in [0, 0.05) is 34.5 Å². The van der Waals surface area contributed by atoms with Crippen LogP contribution in [0.2, 0.25) is 0 Å². The second-order valence-corrected chi connectivity index (χ2v) is 6.03. The van der Waals surface area contributed by atoms with E-state index in [-0.39, 0.29) is 0 Å². The molecule has 3 atom stereocenters. The van der Waals surface area contributed by atoms with Crippen molar-refractivity contribution in [3.63, 3.8) is 0 Å². The van der Waals surface area contributed by atoms with Crippen molar-refractivity contribution in [2.24, 2.45) is 5.92 Å². The van der Waals surface area contributed by atoms with Crippen LogP contribution in [0.1, 0.15) is 32.8 Å². The summed E-state index contributed by atoms with van der Waals surface area (Å²) in [5.41, 5.74) is 1.24. The summed E-state index contributed by atoms with van der Waals surface area (Å²) in [4.78, 5) is 0.892. The molecule has 0 radical (unpaired) electrons. The second-order valence-electron chi connectivity index (χ2n) is 4.65. The minimum absolute atomic E-state index is 0.528. The van der Waals surface area contributed by atoms with Crippen molar-refractivity contribution in [3.8, 4) is 0 Å². The summed E-state index contributed by atoms with van der Waals surface area (Å²) in [6, 6.07) is 8.52. The van der Waals surface area contributed by atoms with Crippen molar-refractivity contribution in [1.82, 2.24) is 5.32 Å².